The first-order chi connectivity index (χ1) is 16.4. The molecule has 2 amide bonds. The van der Waals surface area contributed by atoms with Crippen molar-refractivity contribution in [1.82, 2.24) is 9.55 Å². The normalized spacial score (nSPS) is 17.3. The van der Waals surface area contributed by atoms with Crippen LogP contribution in [0, 0.1) is 19.8 Å². The molecule has 2 aliphatic heterocycles. The Morgan fingerprint density at radius 3 is 2.79 bits per heavy atom. The van der Waals surface area contributed by atoms with E-state index in [1.807, 2.05) is 11.4 Å². The largest absolute Gasteiger partial charge is 0.486 e. The van der Waals surface area contributed by atoms with E-state index in [-0.39, 0.29) is 18.2 Å². The molecule has 0 unspecified atom stereocenters. The van der Waals surface area contributed by atoms with Crippen molar-refractivity contribution in [2.24, 2.45) is 5.92 Å². The maximum absolute atomic E-state index is 13.0. The van der Waals surface area contributed by atoms with Crippen LogP contribution in [-0.4, -0.2) is 41.1 Å². The van der Waals surface area contributed by atoms with E-state index >= 15 is 0 Å². The second kappa shape index (κ2) is 9.13. The number of aryl methyl sites for hydroxylation is 1. The molecule has 0 radical (unpaired) electrons. The summed E-state index contributed by atoms with van der Waals surface area (Å²) in [5, 5.41) is 5.43. The number of anilines is 2. The van der Waals surface area contributed by atoms with E-state index in [0.29, 0.717) is 42.1 Å². The molecule has 5 rings (SSSR count). The molecule has 1 aromatic carbocycles. The fourth-order valence-electron chi connectivity index (χ4n) is 4.62. The predicted molar refractivity (Wildman–Crippen MR) is 132 cm³/mol. The molecule has 3 aromatic rings. The summed E-state index contributed by atoms with van der Waals surface area (Å²) in [6.45, 7) is 8.66. The third-order valence-corrected chi connectivity index (χ3v) is 7.12. The fourth-order valence-corrected chi connectivity index (χ4v) is 5.34. The number of hydrogen-bond donors (Lipinski definition) is 1. The Balaban J connectivity index is 1.27. The number of amides is 2. The van der Waals surface area contributed by atoms with Gasteiger partial charge in [-0.05, 0) is 38.5 Å². The molecule has 1 atom stereocenters. The fraction of sp³-hybridized carbons (Fsp3) is 0.400. The average Bonchev–Trinajstić information content (AvgIpc) is 3.53. The number of nitrogens with zero attached hydrogens (tertiary/aromatic N) is 3. The molecule has 0 saturated carbocycles. The molecule has 1 N–H and O–H groups in total. The summed E-state index contributed by atoms with van der Waals surface area (Å²) < 4.78 is 13.5. The number of fused-ring (bicyclic) bond motifs is 1. The van der Waals surface area contributed by atoms with E-state index in [9.17, 15) is 9.59 Å². The van der Waals surface area contributed by atoms with Gasteiger partial charge in [-0.3, -0.25) is 9.59 Å². The molecule has 0 bridgehead atoms. The molecule has 34 heavy (non-hydrogen) atoms. The summed E-state index contributed by atoms with van der Waals surface area (Å²) >= 11 is 1.40. The molecule has 2 aliphatic rings. The van der Waals surface area contributed by atoms with Crippen LogP contribution in [0.2, 0.25) is 0 Å². The van der Waals surface area contributed by atoms with Crippen LogP contribution in [-0.2, 0) is 16.1 Å². The van der Waals surface area contributed by atoms with Crippen molar-refractivity contribution in [3.8, 4) is 22.8 Å². The minimum atomic E-state index is -0.442. The SMILES string of the molecule is CCCn1c(C)cc(-c2csc(NC(=O)[C@@H]3CC(=O)N(c4ccc5c(c4)OCCO5)C3)n2)c1C. The van der Waals surface area contributed by atoms with Crippen molar-refractivity contribution in [1.29, 1.82) is 0 Å². The van der Waals surface area contributed by atoms with E-state index in [4.69, 9.17) is 9.47 Å². The second-order valence-electron chi connectivity index (χ2n) is 8.70. The van der Waals surface area contributed by atoms with Gasteiger partial charge >= 0.3 is 0 Å². The topological polar surface area (TPSA) is 85.7 Å². The van der Waals surface area contributed by atoms with E-state index in [1.165, 1.54) is 22.7 Å². The molecule has 0 aliphatic carbocycles. The number of rotatable bonds is 6. The van der Waals surface area contributed by atoms with Gasteiger partial charge in [-0.1, -0.05) is 6.92 Å². The molecule has 4 heterocycles. The maximum Gasteiger partial charge on any atom is 0.231 e. The van der Waals surface area contributed by atoms with Crippen LogP contribution in [0.25, 0.3) is 11.3 Å². The highest BCUT2D eigenvalue weighted by molar-refractivity contribution is 7.14. The van der Waals surface area contributed by atoms with E-state index in [0.717, 1.165) is 24.2 Å². The van der Waals surface area contributed by atoms with Crippen molar-refractivity contribution in [3.05, 3.63) is 41.0 Å². The van der Waals surface area contributed by atoms with Crippen molar-refractivity contribution in [2.45, 2.75) is 40.2 Å². The third kappa shape index (κ3) is 4.16. The van der Waals surface area contributed by atoms with Gasteiger partial charge in [0.15, 0.2) is 16.6 Å². The van der Waals surface area contributed by atoms with Gasteiger partial charge in [0.2, 0.25) is 11.8 Å². The lowest BCUT2D eigenvalue weighted by Gasteiger charge is -2.22. The van der Waals surface area contributed by atoms with E-state index < -0.39 is 5.92 Å². The quantitative estimate of drug-likeness (QED) is 0.565. The first kappa shape index (κ1) is 22.5. The Morgan fingerprint density at radius 2 is 2.00 bits per heavy atom. The van der Waals surface area contributed by atoms with Crippen molar-refractivity contribution in [2.75, 3.05) is 30.0 Å². The lowest BCUT2D eigenvalue weighted by molar-refractivity contribution is -0.122. The average molecular weight is 481 g/mol. The number of nitrogens with one attached hydrogen (secondary N) is 1. The second-order valence-corrected chi connectivity index (χ2v) is 9.56. The monoisotopic (exact) mass is 480 g/mol. The molecule has 8 nitrogen and oxygen atoms in total. The van der Waals surface area contributed by atoms with Crippen molar-refractivity contribution < 1.29 is 19.1 Å². The Labute approximate surface area is 202 Å². The molecule has 1 saturated heterocycles. The Bertz CT molecular complexity index is 1250. The summed E-state index contributed by atoms with van der Waals surface area (Å²) in [6.07, 6.45) is 1.23. The number of carbonyl (C=O) groups is 2. The first-order valence-corrected chi connectivity index (χ1v) is 12.5. The lowest BCUT2D eigenvalue weighted by Crippen LogP contribution is -2.28. The summed E-state index contributed by atoms with van der Waals surface area (Å²) in [6, 6.07) is 7.58. The molecular formula is C25H28N4O4S. The maximum atomic E-state index is 13.0. The van der Waals surface area contributed by atoms with Crippen LogP contribution in [0.5, 0.6) is 11.5 Å². The van der Waals surface area contributed by atoms with Gasteiger partial charge in [-0.2, -0.15) is 0 Å². The van der Waals surface area contributed by atoms with Crippen LogP contribution in [0.4, 0.5) is 10.8 Å². The number of benzene rings is 1. The molecule has 1 fully saturated rings. The third-order valence-electron chi connectivity index (χ3n) is 6.36. The van der Waals surface area contributed by atoms with Crippen LogP contribution in [0.3, 0.4) is 0 Å². The summed E-state index contributed by atoms with van der Waals surface area (Å²) in [4.78, 5) is 31.9. The van der Waals surface area contributed by atoms with Gasteiger partial charge in [0.1, 0.15) is 13.2 Å². The highest BCUT2D eigenvalue weighted by Crippen LogP contribution is 2.36. The van der Waals surface area contributed by atoms with Crippen molar-refractivity contribution in [3.63, 3.8) is 0 Å². The minimum Gasteiger partial charge on any atom is -0.486 e. The van der Waals surface area contributed by atoms with Gasteiger partial charge in [0, 0.05) is 53.6 Å². The van der Waals surface area contributed by atoms with Gasteiger partial charge < -0.3 is 24.3 Å². The Kier molecular flexibility index (Phi) is 6.03. The molecule has 9 heteroatoms. The van der Waals surface area contributed by atoms with Gasteiger partial charge in [0.05, 0.1) is 11.6 Å². The van der Waals surface area contributed by atoms with E-state index in [1.54, 1.807) is 17.0 Å². The Hall–Kier alpha value is -3.33. The predicted octanol–water partition coefficient (Wildman–Crippen LogP) is 4.40. The molecule has 0 spiro atoms. The van der Waals surface area contributed by atoms with Crippen LogP contribution >= 0.6 is 11.3 Å². The van der Waals surface area contributed by atoms with Crippen LogP contribution < -0.4 is 19.7 Å². The molecular weight excluding hydrogens is 452 g/mol. The van der Waals surface area contributed by atoms with Crippen LogP contribution in [0.1, 0.15) is 31.2 Å². The van der Waals surface area contributed by atoms with Crippen LogP contribution in [0.15, 0.2) is 29.6 Å². The summed E-state index contributed by atoms with van der Waals surface area (Å²) in [5.74, 6) is 0.581. The number of carbonyl (C=O) groups excluding carboxylic acids is 2. The number of aromatic nitrogens is 2. The standard InChI is InChI=1S/C25H28N4O4S/c1-4-7-28-15(2)10-19(16(28)3)20-14-34-25(26-20)27-24(31)17-11-23(30)29(13-17)18-5-6-21-22(12-18)33-9-8-32-21/h5-6,10,12,14,17H,4,7-9,11,13H2,1-3H3,(H,26,27,31)/t17-/m1/s1. The first-order valence-electron chi connectivity index (χ1n) is 11.6. The lowest BCUT2D eigenvalue weighted by atomic mass is 10.1. The zero-order valence-corrected chi connectivity index (χ0v) is 20.4. The number of ether oxygens (including phenoxy) is 2. The van der Waals surface area contributed by atoms with Crippen molar-refractivity contribution >= 4 is 34.0 Å². The van der Waals surface area contributed by atoms with Gasteiger partial charge in [-0.15, -0.1) is 11.3 Å². The minimum absolute atomic E-state index is 0.0833. The van der Waals surface area contributed by atoms with Gasteiger partial charge in [0.25, 0.3) is 0 Å². The zero-order chi connectivity index (χ0) is 23.8. The zero-order valence-electron chi connectivity index (χ0n) is 19.6. The molecule has 178 valence electrons. The summed E-state index contributed by atoms with van der Waals surface area (Å²) in [5.41, 5.74) is 5.04. The summed E-state index contributed by atoms with van der Waals surface area (Å²) in [7, 11) is 0. The Morgan fingerprint density at radius 1 is 1.21 bits per heavy atom. The van der Waals surface area contributed by atoms with E-state index in [2.05, 4.69) is 41.7 Å². The van der Waals surface area contributed by atoms with Gasteiger partial charge in [-0.25, -0.2) is 4.98 Å². The molecule has 2 aromatic heterocycles. The number of thiazole rings is 1. The smallest absolute Gasteiger partial charge is 0.231 e. The number of hydrogen-bond acceptors (Lipinski definition) is 6. The highest BCUT2D eigenvalue weighted by atomic mass is 32.1. The highest BCUT2D eigenvalue weighted by Gasteiger charge is 2.36.